The Hall–Kier alpha value is -1.82. The molecule has 0 unspecified atom stereocenters. The lowest BCUT2D eigenvalue weighted by Crippen LogP contribution is -2.54. The van der Waals surface area contributed by atoms with Crippen molar-refractivity contribution in [2.75, 3.05) is 19.7 Å². The third-order valence-electron chi connectivity index (χ3n) is 3.78. The molecule has 2 saturated heterocycles. The van der Waals surface area contributed by atoms with Crippen molar-refractivity contribution in [3.63, 3.8) is 0 Å². The van der Waals surface area contributed by atoms with E-state index in [1.165, 1.54) is 17.3 Å². The molecule has 0 aliphatic carbocycles. The first-order chi connectivity index (χ1) is 9.21. The van der Waals surface area contributed by atoms with E-state index < -0.39 is 5.60 Å². The van der Waals surface area contributed by atoms with Crippen LogP contribution in [-0.2, 0) is 9.53 Å². The summed E-state index contributed by atoms with van der Waals surface area (Å²) in [5, 5.41) is 0. The summed E-state index contributed by atoms with van der Waals surface area (Å²) < 4.78 is 5.61. The fourth-order valence-electron chi connectivity index (χ4n) is 2.69. The molecule has 0 N–H and O–H groups in total. The van der Waals surface area contributed by atoms with E-state index in [4.69, 9.17) is 4.74 Å². The van der Waals surface area contributed by atoms with Crippen molar-refractivity contribution >= 4 is 11.7 Å². The SMILES string of the molecule is O=C(c1ncccn1)N1CC[C@]2(CCCO2)C(=O)C1. The van der Waals surface area contributed by atoms with Crippen LogP contribution in [0.4, 0.5) is 0 Å². The summed E-state index contributed by atoms with van der Waals surface area (Å²) in [6.45, 7) is 1.25. The van der Waals surface area contributed by atoms with Crippen LogP contribution in [0.1, 0.15) is 29.9 Å². The summed E-state index contributed by atoms with van der Waals surface area (Å²) in [4.78, 5) is 33.7. The Morgan fingerprint density at radius 2 is 2.11 bits per heavy atom. The highest BCUT2D eigenvalue weighted by molar-refractivity contribution is 5.97. The van der Waals surface area contributed by atoms with Gasteiger partial charge >= 0.3 is 0 Å². The molecule has 3 heterocycles. The predicted octanol–water partition coefficient (Wildman–Crippen LogP) is 0.441. The maximum Gasteiger partial charge on any atom is 0.292 e. The van der Waals surface area contributed by atoms with Crippen LogP contribution in [0.5, 0.6) is 0 Å². The Morgan fingerprint density at radius 3 is 2.74 bits per heavy atom. The number of ketones is 1. The summed E-state index contributed by atoms with van der Waals surface area (Å²) in [6.07, 6.45) is 5.31. The third kappa shape index (κ3) is 2.12. The lowest BCUT2D eigenvalue weighted by molar-refractivity contribution is -0.144. The number of piperidine rings is 1. The van der Waals surface area contributed by atoms with Gasteiger partial charge in [0, 0.05) is 32.0 Å². The number of nitrogens with zero attached hydrogens (tertiary/aromatic N) is 3. The van der Waals surface area contributed by atoms with Gasteiger partial charge in [-0.3, -0.25) is 9.59 Å². The van der Waals surface area contributed by atoms with E-state index in [-0.39, 0.29) is 24.1 Å². The second-order valence-corrected chi connectivity index (χ2v) is 4.92. The van der Waals surface area contributed by atoms with E-state index in [0.717, 1.165) is 12.8 Å². The zero-order valence-electron chi connectivity index (χ0n) is 10.5. The molecule has 0 radical (unpaired) electrons. The van der Waals surface area contributed by atoms with Crippen molar-refractivity contribution < 1.29 is 14.3 Å². The summed E-state index contributed by atoms with van der Waals surface area (Å²) in [5.41, 5.74) is -0.631. The van der Waals surface area contributed by atoms with Gasteiger partial charge in [0.2, 0.25) is 5.82 Å². The molecule has 1 aromatic rings. The fourth-order valence-corrected chi connectivity index (χ4v) is 2.69. The molecule has 1 spiro atoms. The molecule has 1 aromatic heterocycles. The minimum absolute atomic E-state index is 0.000492. The number of aromatic nitrogens is 2. The van der Waals surface area contributed by atoms with Gasteiger partial charge in [0.15, 0.2) is 5.78 Å². The molecule has 100 valence electrons. The Bertz CT molecular complexity index is 497. The van der Waals surface area contributed by atoms with E-state index in [9.17, 15) is 9.59 Å². The van der Waals surface area contributed by atoms with Crippen molar-refractivity contribution in [3.05, 3.63) is 24.3 Å². The van der Waals surface area contributed by atoms with E-state index in [0.29, 0.717) is 19.6 Å². The van der Waals surface area contributed by atoms with E-state index in [1.807, 2.05) is 0 Å². The Balaban J connectivity index is 1.72. The van der Waals surface area contributed by atoms with Crippen LogP contribution in [0.15, 0.2) is 18.5 Å². The first kappa shape index (κ1) is 12.2. The number of amides is 1. The highest BCUT2D eigenvalue weighted by Crippen LogP contribution is 2.33. The van der Waals surface area contributed by atoms with Gasteiger partial charge in [0.25, 0.3) is 5.91 Å². The predicted molar refractivity (Wildman–Crippen MR) is 65.5 cm³/mol. The molecular weight excluding hydrogens is 246 g/mol. The number of carbonyl (C=O) groups excluding carboxylic acids is 2. The molecule has 2 aliphatic rings. The molecule has 0 aromatic carbocycles. The van der Waals surface area contributed by atoms with Gasteiger partial charge in [-0.15, -0.1) is 0 Å². The van der Waals surface area contributed by atoms with Gasteiger partial charge in [-0.1, -0.05) is 0 Å². The summed E-state index contributed by atoms with van der Waals surface area (Å²) in [5.74, 6) is -0.152. The van der Waals surface area contributed by atoms with Gasteiger partial charge in [-0.25, -0.2) is 9.97 Å². The van der Waals surface area contributed by atoms with Crippen LogP contribution < -0.4 is 0 Å². The van der Waals surface area contributed by atoms with Crippen LogP contribution >= 0.6 is 0 Å². The lowest BCUT2D eigenvalue weighted by Gasteiger charge is -2.36. The van der Waals surface area contributed by atoms with Crippen molar-refractivity contribution in [3.8, 4) is 0 Å². The van der Waals surface area contributed by atoms with Crippen LogP contribution in [0.3, 0.4) is 0 Å². The van der Waals surface area contributed by atoms with Gasteiger partial charge in [-0.2, -0.15) is 0 Å². The standard InChI is InChI=1S/C13H15N3O3/c17-10-9-16(7-4-13(10)3-1-8-19-13)12(18)11-14-5-2-6-15-11/h2,5-6H,1,3-4,7-9H2/t13-/m1/s1. The van der Waals surface area contributed by atoms with Crippen LogP contribution in [0.25, 0.3) is 0 Å². The fraction of sp³-hybridized carbons (Fsp3) is 0.538. The van der Waals surface area contributed by atoms with E-state index >= 15 is 0 Å². The molecule has 1 amide bonds. The van der Waals surface area contributed by atoms with E-state index in [1.54, 1.807) is 6.07 Å². The van der Waals surface area contributed by atoms with Gasteiger partial charge < -0.3 is 9.64 Å². The highest BCUT2D eigenvalue weighted by Gasteiger charge is 2.46. The molecular formula is C13H15N3O3. The Labute approximate surface area is 110 Å². The number of Topliss-reactive ketones (excluding diaryl/α,β-unsaturated/α-hetero) is 1. The molecule has 6 heteroatoms. The Morgan fingerprint density at radius 1 is 1.32 bits per heavy atom. The summed E-state index contributed by atoms with van der Waals surface area (Å²) >= 11 is 0. The summed E-state index contributed by atoms with van der Waals surface area (Å²) in [6, 6.07) is 1.65. The van der Waals surface area contributed by atoms with Crippen LogP contribution in [0, 0.1) is 0 Å². The average molecular weight is 261 g/mol. The minimum atomic E-state index is -0.631. The largest absolute Gasteiger partial charge is 0.367 e. The molecule has 3 rings (SSSR count). The molecule has 0 saturated carbocycles. The van der Waals surface area contributed by atoms with Crippen molar-refractivity contribution in [1.29, 1.82) is 0 Å². The molecule has 0 bridgehead atoms. The maximum atomic E-state index is 12.2. The monoisotopic (exact) mass is 261 g/mol. The second-order valence-electron chi connectivity index (χ2n) is 4.92. The van der Waals surface area contributed by atoms with Crippen molar-refractivity contribution in [1.82, 2.24) is 14.9 Å². The van der Waals surface area contributed by atoms with Crippen LogP contribution in [-0.4, -0.2) is 51.9 Å². The summed E-state index contributed by atoms with van der Waals surface area (Å²) in [7, 11) is 0. The normalized spacial score (nSPS) is 26.9. The number of rotatable bonds is 1. The number of hydrogen-bond donors (Lipinski definition) is 0. The maximum absolute atomic E-state index is 12.2. The van der Waals surface area contributed by atoms with Crippen LogP contribution in [0.2, 0.25) is 0 Å². The molecule has 6 nitrogen and oxygen atoms in total. The first-order valence-corrected chi connectivity index (χ1v) is 6.45. The number of ether oxygens (including phenoxy) is 1. The molecule has 1 atom stereocenters. The molecule has 2 fully saturated rings. The van der Waals surface area contributed by atoms with Crippen molar-refractivity contribution in [2.45, 2.75) is 24.9 Å². The average Bonchev–Trinajstić information content (AvgIpc) is 2.92. The topological polar surface area (TPSA) is 72.4 Å². The second kappa shape index (κ2) is 4.70. The zero-order chi connectivity index (χ0) is 13.3. The lowest BCUT2D eigenvalue weighted by atomic mass is 9.87. The highest BCUT2D eigenvalue weighted by atomic mass is 16.5. The van der Waals surface area contributed by atoms with Gasteiger partial charge in [-0.05, 0) is 18.9 Å². The first-order valence-electron chi connectivity index (χ1n) is 6.45. The van der Waals surface area contributed by atoms with Gasteiger partial charge in [0.1, 0.15) is 5.60 Å². The number of hydrogen-bond acceptors (Lipinski definition) is 5. The third-order valence-corrected chi connectivity index (χ3v) is 3.78. The quantitative estimate of drug-likeness (QED) is 0.733. The number of carbonyl (C=O) groups is 2. The van der Waals surface area contributed by atoms with E-state index in [2.05, 4.69) is 9.97 Å². The minimum Gasteiger partial charge on any atom is -0.367 e. The van der Waals surface area contributed by atoms with Crippen molar-refractivity contribution in [2.24, 2.45) is 0 Å². The zero-order valence-corrected chi connectivity index (χ0v) is 10.5. The molecule has 19 heavy (non-hydrogen) atoms. The smallest absolute Gasteiger partial charge is 0.292 e. The van der Waals surface area contributed by atoms with Gasteiger partial charge in [0.05, 0.1) is 6.54 Å². The Kier molecular flexibility index (Phi) is 3.02. The number of likely N-dealkylation sites (tertiary alicyclic amines) is 1. The molecule has 2 aliphatic heterocycles.